The normalized spacial score (nSPS) is 11.4. The molecule has 7 heteroatoms. The molecule has 3 aromatic rings. The predicted molar refractivity (Wildman–Crippen MR) is 90.4 cm³/mol. The summed E-state index contributed by atoms with van der Waals surface area (Å²) < 4.78 is 3.06. The highest BCUT2D eigenvalue weighted by atomic mass is 16.4. The van der Waals surface area contributed by atoms with Crippen LogP contribution in [0.2, 0.25) is 0 Å². The van der Waals surface area contributed by atoms with Gasteiger partial charge in [-0.3, -0.25) is 18.8 Å². The Morgan fingerprint density at radius 1 is 1.29 bits per heavy atom. The molecule has 0 aliphatic rings. The Bertz CT molecular complexity index is 985. The van der Waals surface area contributed by atoms with Crippen molar-refractivity contribution in [3.8, 4) is 0 Å². The second-order valence-electron chi connectivity index (χ2n) is 5.37. The summed E-state index contributed by atoms with van der Waals surface area (Å²) in [5, 5.41) is 13.5. The first-order valence-corrected chi connectivity index (χ1v) is 7.43. The molecule has 1 aromatic carbocycles. The van der Waals surface area contributed by atoms with Gasteiger partial charge in [0.1, 0.15) is 5.82 Å². The predicted octanol–water partition coefficient (Wildman–Crippen LogP) is 1.78. The monoisotopic (exact) mass is 324 g/mol. The number of rotatable bonds is 5. The second kappa shape index (κ2) is 6.49. The maximum absolute atomic E-state index is 12.7. The molecular weight excluding hydrogens is 308 g/mol. The van der Waals surface area contributed by atoms with E-state index in [1.54, 1.807) is 41.2 Å². The minimum Gasteiger partial charge on any atom is -0.481 e. The standard InChI is InChI=1S/C17H16N4O3/c1-20-11-12(10-18-20)6-7-15-19-14-5-3-2-4-13(14)17(24)21(15)9-8-16(22)23/h2-7,10-11H,8-9H2,1H3,(H,22,23). The number of hydrogen-bond acceptors (Lipinski definition) is 4. The fourth-order valence-electron chi connectivity index (χ4n) is 2.43. The SMILES string of the molecule is Cn1cc(C=Cc2nc3ccccc3c(=O)n2CCC(=O)O)cn1. The smallest absolute Gasteiger partial charge is 0.305 e. The van der Waals surface area contributed by atoms with Crippen LogP contribution in [0.15, 0.2) is 41.5 Å². The van der Waals surface area contributed by atoms with Gasteiger partial charge < -0.3 is 5.11 Å². The zero-order valence-electron chi connectivity index (χ0n) is 13.1. The number of carboxylic acid groups (broad SMARTS) is 1. The van der Waals surface area contributed by atoms with Crippen molar-refractivity contribution >= 4 is 29.0 Å². The molecule has 0 aliphatic heterocycles. The van der Waals surface area contributed by atoms with Gasteiger partial charge in [0.15, 0.2) is 0 Å². The van der Waals surface area contributed by atoms with Crippen LogP contribution in [-0.2, 0) is 18.4 Å². The molecule has 2 aromatic heterocycles. The third-order valence-corrected chi connectivity index (χ3v) is 3.59. The molecule has 0 saturated carbocycles. The van der Waals surface area contributed by atoms with E-state index in [9.17, 15) is 9.59 Å². The lowest BCUT2D eigenvalue weighted by atomic mass is 10.2. The molecule has 1 N–H and O–H groups in total. The number of hydrogen-bond donors (Lipinski definition) is 1. The van der Waals surface area contributed by atoms with Gasteiger partial charge in [-0.25, -0.2) is 4.98 Å². The van der Waals surface area contributed by atoms with E-state index < -0.39 is 5.97 Å². The van der Waals surface area contributed by atoms with Gasteiger partial charge >= 0.3 is 5.97 Å². The maximum Gasteiger partial charge on any atom is 0.305 e. The number of para-hydroxylation sites is 1. The summed E-state index contributed by atoms with van der Waals surface area (Å²) in [6, 6.07) is 7.03. The molecule has 122 valence electrons. The minimum absolute atomic E-state index is 0.0682. The molecule has 3 rings (SSSR count). The van der Waals surface area contributed by atoms with Crippen LogP contribution < -0.4 is 5.56 Å². The van der Waals surface area contributed by atoms with Crippen LogP contribution in [0.4, 0.5) is 0 Å². The first-order chi connectivity index (χ1) is 11.5. The summed E-state index contributed by atoms with van der Waals surface area (Å²) in [5.74, 6) is -0.541. The highest BCUT2D eigenvalue weighted by molar-refractivity contribution is 5.79. The first-order valence-electron chi connectivity index (χ1n) is 7.43. The van der Waals surface area contributed by atoms with Crippen LogP contribution in [0.25, 0.3) is 23.1 Å². The fraction of sp³-hybridized carbons (Fsp3) is 0.176. The van der Waals surface area contributed by atoms with E-state index in [0.717, 1.165) is 5.56 Å². The fourth-order valence-corrected chi connectivity index (χ4v) is 2.43. The Morgan fingerprint density at radius 2 is 2.08 bits per heavy atom. The summed E-state index contributed by atoms with van der Waals surface area (Å²) in [4.78, 5) is 28.0. The van der Waals surface area contributed by atoms with Crippen molar-refractivity contribution in [3.63, 3.8) is 0 Å². The van der Waals surface area contributed by atoms with E-state index >= 15 is 0 Å². The maximum atomic E-state index is 12.7. The average Bonchev–Trinajstić information content (AvgIpc) is 2.97. The van der Waals surface area contributed by atoms with Crippen LogP contribution in [0, 0.1) is 0 Å². The van der Waals surface area contributed by atoms with Crippen molar-refractivity contribution in [1.82, 2.24) is 19.3 Å². The van der Waals surface area contributed by atoms with Gasteiger partial charge in [-0.15, -0.1) is 0 Å². The summed E-state index contributed by atoms with van der Waals surface area (Å²) in [7, 11) is 1.81. The summed E-state index contributed by atoms with van der Waals surface area (Å²) in [5.41, 5.74) is 1.21. The van der Waals surface area contributed by atoms with E-state index in [-0.39, 0.29) is 18.5 Å². The Labute approximate surface area is 137 Å². The van der Waals surface area contributed by atoms with Crippen molar-refractivity contribution in [2.75, 3.05) is 0 Å². The number of aromatic nitrogens is 4. The molecule has 0 bridgehead atoms. The number of carboxylic acids is 1. The van der Waals surface area contributed by atoms with Gasteiger partial charge in [0.05, 0.1) is 23.5 Å². The van der Waals surface area contributed by atoms with Crippen LogP contribution >= 0.6 is 0 Å². The number of fused-ring (bicyclic) bond motifs is 1. The molecule has 0 unspecified atom stereocenters. The quantitative estimate of drug-likeness (QED) is 0.772. The number of carbonyl (C=O) groups is 1. The van der Waals surface area contributed by atoms with Crippen LogP contribution in [0.3, 0.4) is 0 Å². The second-order valence-corrected chi connectivity index (χ2v) is 5.37. The summed E-state index contributed by atoms with van der Waals surface area (Å²) in [6.45, 7) is 0.0682. The molecular formula is C17H16N4O3. The van der Waals surface area contributed by atoms with Gasteiger partial charge in [0.25, 0.3) is 5.56 Å². The Morgan fingerprint density at radius 3 is 2.79 bits per heavy atom. The Hall–Kier alpha value is -3.22. The van der Waals surface area contributed by atoms with Gasteiger partial charge in [0.2, 0.25) is 0 Å². The Balaban J connectivity index is 2.09. The third-order valence-electron chi connectivity index (χ3n) is 3.59. The van der Waals surface area contributed by atoms with E-state index in [4.69, 9.17) is 5.11 Å². The van der Waals surface area contributed by atoms with Gasteiger partial charge in [-0.1, -0.05) is 12.1 Å². The van der Waals surface area contributed by atoms with E-state index in [1.807, 2.05) is 19.3 Å². The largest absolute Gasteiger partial charge is 0.481 e. The molecule has 0 aliphatic carbocycles. The molecule has 2 heterocycles. The lowest BCUT2D eigenvalue weighted by molar-refractivity contribution is -0.137. The molecule has 24 heavy (non-hydrogen) atoms. The highest BCUT2D eigenvalue weighted by Gasteiger charge is 2.10. The van der Waals surface area contributed by atoms with Gasteiger partial charge in [-0.2, -0.15) is 5.10 Å². The number of nitrogens with zero attached hydrogens (tertiary/aromatic N) is 4. The summed E-state index contributed by atoms with van der Waals surface area (Å²) in [6.07, 6.45) is 6.87. The Kier molecular flexibility index (Phi) is 4.24. The highest BCUT2D eigenvalue weighted by Crippen LogP contribution is 2.11. The lowest BCUT2D eigenvalue weighted by Crippen LogP contribution is -2.25. The van der Waals surface area contributed by atoms with E-state index in [2.05, 4.69) is 10.1 Å². The van der Waals surface area contributed by atoms with Crippen molar-refractivity contribution in [3.05, 3.63) is 58.4 Å². The molecule has 0 amide bonds. The van der Waals surface area contributed by atoms with E-state index in [1.165, 1.54) is 4.57 Å². The molecule has 0 radical (unpaired) electrons. The molecule has 0 saturated heterocycles. The van der Waals surface area contributed by atoms with Crippen LogP contribution in [0.5, 0.6) is 0 Å². The zero-order chi connectivity index (χ0) is 17.1. The lowest BCUT2D eigenvalue weighted by Gasteiger charge is -2.10. The minimum atomic E-state index is -0.961. The molecule has 0 fully saturated rings. The van der Waals surface area contributed by atoms with E-state index in [0.29, 0.717) is 16.7 Å². The first kappa shape index (κ1) is 15.7. The third kappa shape index (κ3) is 3.24. The van der Waals surface area contributed by atoms with Crippen molar-refractivity contribution in [2.24, 2.45) is 7.05 Å². The number of aryl methyl sites for hydroxylation is 1. The topological polar surface area (TPSA) is 90.0 Å². The molecule has 0 spiro atoms. The van der Waals surface area contributed by atoms with Crippen LogP contribution in [-0.4, -0.2) is 30.4 Å². The number of aliphatic carboxylic acids is 1. The number of benzene rings is 1. The van der Waals surface area contributed by atoms with Crippen molar-refractivity contribution in [1.29, 1.82) is 0 Å². The molecule has 0 atom stereocenters. The van der Waals surface area contributed by atoms with Gasteiger partial charge in [0, 0.05) is 25.4 Å². The van der Waals surface area contributed by atoms with Crippen LogP contribution in [0.1, 0.15) is 17.8 Å². The average molecular weight is 324 g/mol. The van der Waals surface area contributed by atoms with Crippen molar-refractivity contribution < 1.29 is 9.90 Å². The summed E-state index contributed by atoms with van der Waals surface area (Å²) >= 11 is 0. The van der Waals surface area contributed by atoms with Gasteiger partial charge in [-0.05, 0) is 24.3 Å². The zero-order valence-corrected chi connectivity index (χ0v) is 13.1. The van der Waals surface area contributed by atoms with Crippen molar-refractivity contribution in [2.45, 2.75) is 13.0 Å². The molecule has 7 nitrogen and oxygen atoms in total.